The maximum Gasteiger partial charge on any atom is 0.297 e. The van der Waals surface area contributed by atoms with Gasteiger partial charge >= 0.3 is 0 Å². The Bertz CT molecular complexity index is 932. The summed E-state index contributed by atoms with van der Waals surface area (Å²) in [5, 5.41) is 2.90. The first-order valence-corrected chi connectivity index (χ1v) is 11.2. The molecule has 10 nitrogen and oxygen atoms in total. The summed E-state index contributed by atoms with van der Waals surface area (Å²) in [4.78, 5) is 37.2. The first-order chi connectivity index (χ1) is 15.5. The molecule has 4 rings (SSSR count). The van der Waals surface area contributed by atoms with Crippen molar-refractivity contribution in [2.24, 2.45) is 11.7 Å². The number of carbonyl (C=O) groups excluding carboxylic acids is 2. The fourth-order valence-corrected chi connectivity index (χ4v) is 4.27. The second kappa shape index (κ2) is 9.99. The zero-order valence-corrected chi connectivity index (χ0v) is 18.3. The lowest BCUT2D eigenvalue weighted by atomic mass is 9.96. The Kier molecular flexibility index (Phi) is 6.89. The van der Waals surface area contributed by atoms with Gasteiger partial charge in [-0.15, -0.1) is 0 Å². The zero-order chi connectivity index (χ0) is 22.5. The Labute approximate surface area is 187 Å². The number of oxazole rings is 1. The van der Waals surface area contributed by atoms with Crippen molar-refractivity contribution in [3.05, 3.63) is 30.3 Å². The summed E-state index contributed by atoms with van der Waals surface area (Å²) in [5.74, 6) is -0.0562. The van der Waals surface area contributed by atoms with Crippen LogP contribution in [0.3, 0.4) is 0 Å². The average Bonchev–Trinajstić information content (AvgIpc) is 3.31. The number of hydrogen-bond acceptors (Lipinski definition) is 8. The molecule has 2 saturated heterocycles. The highest BCUT2D eigenvalue weighted by atomic mass is 16.5. The first kappa shape index (κ1) is 22.1. The molecular formula is C22H30N6O4. The van der Waals surface area contributed by atoms with Crippen LogP contribution >= 0.6 is 0 Å². The summed E-state index contributed by atoms with van der Waals surface area (Å²) in [6.45, 7) is 5.58. The molecule has 2 aromatic heterocycles. The summed E-state index contributed by atoms with van der Waals surface area (Å²) in [6.07, 6.45) is 6.49. The quantitative estimate of drug-likeness (QED) is 0.667. The van der Waals surface area contributed by atoms with Crippen molar-refractivity contribution in [3.63, 3.8) is 0 Å². The molecule has 0 saturated carbocycles. The van der Waals surface area contributed by atoms with Crippen LogP contribution in [-0.2, 0) is 9.53 Å². The van der Waals surface area contributed by atoms with Crippen molar-refractivity contribution in [1.29, 1.82) is 0 Å². The molecule has 0 unspecified atom stereocenters. The van der Waals surface area contributed by atoms with E-state index in [1.807, 2.05) is 11.8 Å². The van der Waals surface area contributed by atoms with E-state index in [-0.39, 0.29) is 29.5 Å². The number of rotatable bonds is 7. The number of nitrogens with zero attached hydrogens (tertiary/aromatic N) is 4. The Hall–Kier alpha value is -3.14. The summed E-state index contributed by atoms with van der Waals surface area (Å²) in [7, 11) is 0. The molecule has 2 aliphatic heterocycles. The molecular weight excluding hydrogens is 412 g/mol. The molecule has 0 spiro atoms. The number of hydrogen-bond donors (Lipinski definition) is 2. The summed E-state index contributed by atoms with van der Waals surface area (Å²) in [6, 6.07) is 4.02. The third-order valence-corrected chi connectivity index (χ3v) is 6.07. The van der Waals surface area contributed by atoms with Crippen LogP contribution in [0.2, 0.25) is 0 Å². The number of ether oxygens (including phenoxy) is 1. The number of amides is 2. The molecule has 0 atom stereocenters. The first-order valence-electron chi connectivity index (χ1n) is 11.2. The van der Waals surface area contributed by atoms with Crippen molar-refractivity contribution in [3.8, 4) is 0 Å². The van der Waals surface area contributed by atoms with E-state index >= 15 is 0 Å². The van der Waals surface area contributed by atoms with Crippen LogP contribution in [0.5, 0.6) is 0 Å². The second-order valence-corrected chi connectivity index (χ2v) is 8.15. The van der Waals surface area contributed by atoms with Crippen molar-refractivity contribution in [1.82, 2.24) is 9.97 Å². The van der Waals surface area contributed by atoms with Gasteiger partial charge < -0.3 is 30.0 Å². The number of piperidine rings is 2. The molecule has 10 heteroatoms. The highest BCUT2D eigenvalue weighted by Gasteiger charge is 2.27. The van der Waals surface area contributed by atoms with Crippen LogP contribution in [0.15, 0.2) is 29.0 Å². The lowest BCUT2D eigenvalue weighted by Gasteiger charge is -2.32. The second-order valence-electron chi connectivity index (χ2n) is 8.15. The highest BCUT2D eigenvalue weighted by molar-refractivity contribution is 6.04. The number of primary amides is 1. The zero-order valence-electron chi connectivity index (χ0n) is 18.3. The molecule has 0 bridgehead atoms. The molecule has 2 aromatic rings. The predicted molar refractivity (Wildman–Crippen MR) is 120 cm³/mol. The van der Waals surface area contributed by atoms with Crippen LogP contribution in [0, 0.1) is 5.92 Å². The summed E-state index contributed by atoms with van der Waals surface area (Å²) in [5.41, 5.74) is 6.24. The molecule has 0 radical (unpaired) electrons. The Morgan fingerprint density at radius 2 is 1.91 bits per heavy atom. The largest absolute Gasteiger partial charge is 0.431 e. The number of nitrogens with two attached hydrogens (primary N) is 1. The van der Waals surface area contributed by atoms with Crippen molar-refractivity contribution < 1.29 is 18.7 Å². The van der Waals surface area contributed by atoms with E-state index in [1.54, 1.807) is 18.3 Å². The number of pyridine rings is 1. The standard InChI is InChI=1S/C22H30N6O4/c1-2-31-16-7-12-28(13-8-16)22-26-18(14-32-22)21(30)25-17-4-3-9-24-20(17)27-10-5-15(6-11-27)19(23)29/h3-4,9,14-16H,2,5-8,10-13H2,1H3,(H2,23,29)(H,25,30). The molecule has 172 valence electrons. The van der Waals surface area contributed by atoms with E-state index in [9.17, 15) is 9.59 Å². The van der Waals surface area contributed by atoms with Gasteiger partial charge in [-0.1, -0.05) is 0 Å². The van der Waals surface area contributed by atoms with Crippen molar-refractivity contribution in [2.75, 3.05) is 47.9 Å². The molecule has 2 fully saturated rings. The Morgan fingerprint density at radius 1 is 1.19 bits per heavy atom. The normalized spacial score (nSPS) is 18.0. The van der Waals surface area contributed by atoms with Gasteiger partial charge in [0.2, 0.25) is 5.91 Å². The van der Waals surface area contributed by atoms with Gasteiger partial charge in [-0.3, -0.25) is 9.59 Å². The molecule has 3 N–H and O–H groups in total. The minimum absolute atomic E-state index is 0.111. The minimum Gasteiger partial charge on any atom is -0.431 e. The Morgan fingerprint density at radius 3 is 2.59 bits per heavy atom. The van der Waals surface area contributed by atoms with Crippen LogP contribution in [0.25, 0.3) is 0 Å². The van der Waals surface area contributed by atoms with Crippen molar-refractivity contribution in [2.45, 2.75) is 38.7 Å². The molecule has 4 heterocycles. The van der Waals surface area contributed by atoms with Gasteiger partial charge in [-0.2, -0.15) is 4.98 Å². The van der Waals surface area contributed by atoms with Gasteiger partial charge in [0.05, 0.1) is 11.8 Å². The summed E-state index contributed by atoms with van der Waals surface area (Å²) >= 11 is 0. The van der Waals surface area contributed by atoms with Gasteiger partial charge in [0.1, 0.15) is 6.26 Å². The van der Waals surface area contributed by atoms with Crippen LogP contribution < -0.4 is 20.9 Å². The topological polar surface area (TPSA) is 127 Å². The average molecular weight is 443 g/mol. The fraction of sp³-hybridized carbons (Fsp3) is 0.545. The van der Waals surface area contributed by atoms with Crippen LogP contribution in [0.1, 0.15) is 43.1 Å². The van der Waals surface area contributed by atoms with Gasteiger partial charge in [0, 0.05) is 44.9 Å². The van der Waals surface area contributed by atoms with Crippen LogP contribution in [0.4, 0.5) is 17.5 Å². The summed E-state index contributed by atoms with van der Waals surface area (Å²) < 4.78 is 11.3. The van der Waals surface area contributed by atoms with Crippen LogP contribution in [-0.4, -0.2) is 60.7 Å². The van der Waals surface area contributed by atoms with Gasteiger partial charge in [0.15, 0.2) is 11.5 Å². The van der Waals surface area contributed by atoms with E-state index in [2.05, 4.69) is 20.2 Å². The van der Waals surface area contributed by atoms with E-state index in [1.165, 1.54) is 6.26 Å². The third kappa shape index (κ3) is 5.01. The highest BCUT2D eigenvalue weighted by Crippen LogP contribution is 2.28. The van der Waals surface area contributed by atoms with Gasteiger partial charge in [-0.25, -0.2) is 4.98 Å². The lowest BCUT2D eigenvalue weighted by molar-refractivity contribution is -0.122. The predicted octanol–water partition coefficient (Wildman–Crippen LogP) is 2.03. The maximum atomic E-state index is 12.8. The number of aromatic nitrogens is 2. The van der Waals surface area contributed by atoms with E-state index in [0.29, 0.717) is 50.1 Å². The SMILES string of the molecule is CCOC1CCN(c2nc(C(=O)Nc3cccnc3N3CCC(C(N)=O)CC3)co2)CC1. The lowest BCUT2D eigenvalue weighted by Crippen LogP contribution is -2.39. The van der Waals surface area contributed by atoms with E-state index in [0.717, 1.165) is 25.9 Å². The molecule has 0 aliphatic carbocycles. The number of carbonyl (C=O) groups is 2. The van der Waals surface area contributed by atoms with Crippen molar-refractivity contribution >= 4 is 29.3 Å². The molecule has 0 aromatic carbocycles. The van der Waals surface area contributed by atoms with Gasteiger partial charge in [-0.05, 0) is 44.7 Å². The Balaban J connectivity index is 1.39. The van der Waals surface area contributed by atoms with E-state index < -0.39 is 0 Å². The third-order valence-electron chi connectivity index (χ3n) is 6.07. The smallest absolute Gasteiger partial charge is 0.297 e. The monoisotopic (exact) mass is 442 g/mol. The molecule has 2 amide bonds. The fourth-order valence-electron chi connectivity index (χ4n) is 4.27. The minimum atomic E-state index is -0.356. The van der Waals surface area contributed by atoms with E-state index in [4.69, 9.17) is 14.9 Å². The number of nitrogens with one attached hydrogen (secondary N) is 1. The maximum absolute atomic E-state index is 12.8. The number of anilines is 3. The molecule has 2 aliphatic rings. The molecule has 32 heavy (non-hydrogen) atoms. The van der Waals surface area contributed by atoms with Gasteiger partial charge in [0.25, 0.3) is 11.9 Å².